The van der Waals surface area contributed by atoms with Gasteiger partial charge in [0.05, 0.1) is 13.2 Å². The lowest BCUT2D eigenvalue weighted by molar-refractivity contribution is -0.157. The lowest BCUT2D eigenvalue weighted by atomic mass is 9.91. The summed E-state index contributed by atoms with van der Waals surface area (Å²) in [6.07, 6.45) is 2.63. The number of ether oxygens (including phenoxy) is 1. The molecule has 1 saturated heterocycles. The van der Waals surface area contributed by atoms with E-state index >= 15 is 28.8 Å². The highest BCUT2D eigenvalue weighted by Crippen LogP contribution is 2.26. The normalized spacial score (nSPS) is 26.5. The zero-order valence-corrected chi connectivity index (χ0v) is 62.0. The third kappa shape index (κ3) is 24.1. The van der Waals surface area contributed by atoms with Crippen LogP contribution in [0.15, 0.2) is 12.2 Å². The molecule has 1 aliphatic rings. The second-order valence-corrected chi connectivity index (χ2v) is 29.0. The number of rotatable bonds is 20. The number of aliphatic hydroxyl groups is 1. The largest absolute Gasteiger partial charge is 0.468 e. The van der Waals surface area contributed by atoms with Gasteiger partial charge in [-0.15, -0.1) is 0 Å². The quantitative estimate of drug-likeness (QED) is 0.0754. The molecule has 14 atom stereocenters. The van der Waals surface area contributed by atoms with Crippen LogP contribution in [-0.4, -0.2) is 257 Å². The van der Waals surface area contributed by atoms with E-state index in [9.17, 15) is 33.9 Å². The molecule has 1 fully saturated rings. The molecule has 26 nitrogen and oxygen atoms in total. The summed E-state index contributed by atoms with van der Waals surface area (Å²) >= 11 is 1.05. The lowest BCUT2D eigenvalue weighted by Gasteiger charge is -2.41. The summed E-state index contributed by atoms with van der Waals surface area (Å²) in [5.41, 5.74) is 6.14. The Bertz CT molecular complexity index is 2600. The number of esters is 1. The van der Waals surface area contributed by atoms with Crippen molar-refractivity contribution in [3.63, 3.8) is 0 Å². The molecule has 0 aliphatic carbocycles. The van der Waals surface area contributed by atoms with Crippen molar-refractivity contribution in [1.82, 2.24) is 55.6 Å². The molecule has 0 unspecified atom stereocenters. The van der Waals surface area contributed by atoms with E-state index in [1.165, 1.54) is 94.8 Å². The maximum Gasteiger partial charge on any atom is 0.323 e. The summed E-state index contributed by atoms with van der Waals surface area (Å²) in [6.45, 7) is 29.6. The molecule has 11 amide bonds. The van der Waals surface area contributed by atoms with E-state index in [0.29, 0.717) is 0 Å². The number of allylic oxidation sites excluding steroid dienone is 2. The number of carbonyl (C=O) groups is 12. The fourth-order valence-electron chi connectivity index (χ4n) is 11.5. The molecule has 27 heteroatoms. The van der Waals surface area contributed by atoms with Crippen LogP contribution in [0.3, 0.4) is 0 Å². The third-order valence-electron chi connectivity index (χ3n) is 17.5. The zero-order chi connectivity index (χ0) is 72.8. The minimum absolute atomic E-state index is 0.0625. The number of aliphatic hydroxyl groups excluding tert-OH is 1. The Morgan fingerprint density at radius 3 is 1.36 bits per heavy atom. The zero-order valence-electron chi connectivity index (χ0n) is 61.2. The van der Waals surface area contributed by atoms with Gasteiger partial charge >= 0.3 is 5.97 Å². The van der Waals surface area contributed by atoms with Crippen molar-refractivity contribution in [1.29, 1.82) is 0 Å². The van der Waals surface area contributed by atoms with Crippen molar-refractivity contribution < 1.29 is 67.4 Å². The Morgan fingerprint density at radius 2 is 0.915 bits per heavy atom. The van der Waals surface area contributed by atoms with Crippen LogP contribution in [0.4, 0.5) is 0 Å². The van der Waals surface area contributed by atoms with Crippen LogP contribution in [0, 0.1) is 41.4 Å². The fraction of sp³-hybridized carbons (Fsp3) is 0.791. The van der Waals surface area contributed by atoms with E-state index in [0.717, 1.165) is 21.6 Å². The Balaban J connectivity index is 4.57. The van der Waals surface area contributed by atoms with Gasteiger partial charge in [-0.1, -0.05) is 109 Å². The predicted octanol–water partition coefficient (Wildman–Crippen LogP) is 2.87. The number of thioether (sulfide) groups is 1. The highest BCUT2D eigenvalue weighted by molar-refractivity contribution is 7.99. The third-order valence-corrected chi connectivity index (χ3v) is 18.6. The standard InChI is InChI=1S/C67H120N12O14S/c1-26-28-29-42(15)55(80)54-59(84)71-46(27-2)61(86)77(22)51(35-94-34-45(68)67(92)93-25)64(89)73(18)48(31-37(5)6)58(83)72-52(40(11)12)65(90)74(19)47(30-36(3)4)57(82)69-43(16)56(81)70-44(17)60(85)75(20)49(32-38(7)8)62(87)76(21)50(33-39(9)10)63(88)78(23)53(41(13)14)66(91)79(54)24/h26,28,36-55,80H,27,29-35,68H2,1-25H3,(H,69,82)(H,70,81)(H,71,84)(H,72,83)/b28-26+/t42-,43-,44+,45+,46-,47-,48+,49-,50-,51-,52-,53-,54-,55-/m1/s1. The number of hydrogen-bond acceptors (Lipinski definition) is 16. The van der Waals surface area contributed by atoms with Crippen LogP contribution in [-0.2, 0) is 62.3 Å². The average Bonchev–Trinajstić information content (AvgIpc) is 0.810. The summed E-state index contributed by atoms with van der Waals surface area (Å²) in [5.74, 6) is -11.6. The van der Waals surface area contributed by atoms with Crippen molar-refractivity contribution in [3.8, 4) is 0 Å². The van der Waals surface area contributed by atoms with Gasteiger partial charge in [-0.3, -0.25) is 57.5 Å². The second kappa shape index (κ2) is 39.6. The first-order valence-corrected chi connectivity index (χ1v) is 34.4. The van der Waals surface area contributed by atoms with Crippen molar-refractivity contribution in [3.05, 3.63) is 12.2 Å². The number of nitrogens with one attached hydrogen (secondary N) is 4. The molecule has 0 bridgehead atoms. The number of amides is 11. The molecule has 0 spiro atoms. The summed E-state index contributed by atoms with van der Waals surface area (Å²) in [5, 5.41) is 23.3. The first kappa shape index (κ1) is 85.7. The Morgan fingerprint density at radius 1 is 0.511 bits per heavy atom. The van der Waals surface area contributed by atoms with Gasteiger partial charge < -0.3 is 71.1 Å². The minimum atomic E-state index is -1.69. The van der Waals surface area contributed by atoms with E-state index in [1.54, 1.807) is 60.6 Å². The van der Waals surface area contributed by atoms with Crippen molar-refractivity contribution in [2.45, 2.75) is 235 Å². The molecule has 0 aromatic rings. The number of nitrogens with zero attached hydrogens (tertiary/aromatic N) is 7. The minimum Gasteiger partial charge on any atom is -0.468 e. The molecule has 1 aliphatic heterocycles. The summed E-state index contributed by atoms with van der Waals surface area (Å²) in [7, 11) is 11.0. The molecule has 0 radical (unpaired) electrons. The van der Waals surface area contributed by atoms with Crippen LogP contribution in [0.2, 0.25) is 0 Å². The Labute approximate surface area is 565 Å². The van der Waals surface area contributed by atoms with Crippen LogP contribution in [0.1, 0.15) is 156 Å². The van der Waals surface area contributed by atoms with E-state index in [2.05, 4.69) is 21.3 Å². The first-order chi connectivity index (χ1) is 43.5. The first-order valence-electron chi connectivity index (χ1n) is 33.3. The Kier molecular flexibility index (Phi) is 36.1. The van der Waals surface area contributed by atoms with Crippen LogP contribution in [0.5, 0.6) is 0 Å². The Hall–Kier alpha value is -6.35. The molecule has 0 aromatic carbocycles. The summed E-state index contributed by atoms with van der Waals surface area (Å²) in [6, 6.07) is -15.5. The molecule has 0 aromatic heterocycles. The van der Waals surface area contributed by atoms with Gasteiger partial charge in [-0.05, 0) is 101 Å². The molecular formula is C67H120N12O14S. The van der Waals surface area contributed by atoms with Crippen molar-refractivity contribution in [2.75, 3.05) is 67.9 Å². The topological polar surface area (TPSA) is 331 Å². The fourth-order valence-corrected chi connectivity index (χ4v) is 12.6. The smallest absolute Gasteiger partial charge is 0.323 e. The highest BCUT2D eigenvalue weighted by atomic mass is 32.2. The van der Waals surface area contributed by atoms with Crippen LogP contribution >= 0.6 is 11.8 Å². The molecule has 1 rings (SSSR count). The highest BCUT2D eigenvalue weighted by Gasteiger charge is 2.46. The maximum atomic E-state index is 15.3. The predicted molar refractivity (Wildman–Crippen MR) is 365 cm³/mol. The molecular weight excluding hydrogens is 1230 g/mol. The molecule has 7 N–H and O–H groups in total. The van der Waals surface area contributed by atoms with E-state index in [-0.39, 0.29) is 73.7 Å². The van der Waals surface area contributed by atoms with Crippen LogP contribution < -0.4 is 27.0 Å². The number of methoxy groups -OCH3 is 1. The monoisotopic (exact) mass is 1350 g/mol. The van der Waals surface area contributed by atoms with E-state index < -0.39 is 167 Å². The van der Waals surface area contributed by atoms with Gasteiger partial charge in [0.15, 0.2) is 0 Å². The van der Waals surface area contributed by atoms with E-state index in [1.807, 2.05) is 55.4 Å². The lowest BCUT2D eigenvalue weighted by Crippen LogP contribution is -2.64. The maximum absolute atomic E-state index is 15.3. The number of carbonyl (C=O) groups excluding carboxylic acids is 12. The number of likely N-dealkylation sites (N-methyl/N-ethyl adjacent to an activating group) is 7. The van der Waals surface area contributed by atoms with Crippen LogP contribution in [0.25, 0.3) is 0 Å². The molecule has 538 valence electrons. The van der Waals surface area contributed by atoms with E-state index in [4.69, 9.17) is 10.5 Å². The number of nitrogens with two attached hydrogens (primary N) is 1. The molecule has 1 heterocycles. The van der Waals surface area contributed by atoms with Gasteiger partial charge in [0.2, 0.25) is 65.0 Å². The summed E-state index contributed by atoms with van der Waals surface area (Å²) in [4.78, 5) is 185. The van der Waals surface area contributed by atoms with Gasteiger partial charge in [0, 0.05) is 60.8 Å². The second-order valence-electron chi connectivity index (χ2n) is 28.0. The summed E-state index contributed by atoms with van der Waals surface area (Å²) < 4.78 is 4.84. The molecule has 94 heavy (non-hydrogen) atoms. The number of hydrogen-bond donors (Lipinski definition) is 6. The van der Waals surface area contributed by atoms with Gasteiger partial charge in [0.25, 0.3) is 0 Å². The van der Waals surface area contributed by atoms with Gasteiger partial charge in [-0.2, -0.15) is 11.8 Å². The molecule has 0 saturated carbocycles. The van der Waals surface area contributed by atoms with Gasteiger partial charge in [0.1, 0.15) is 72.5 Å². The average molecular weight is 1350 g/mol. The van der Waals surface area contributed by atoms with Gasteiger partial charge in [-0.25, -0.2) is 0 Å². The van der Waals surface area contributed by atoms with Crippen molar-refractivity contribution in [2.24, 2.45) is 47.2 Å². The van der Waals surface area contributed by atoms with Crippen molar-refractivity contribution >= 4 is 82.7 Å². The SMILES string of the molecule is C/C=C/C[C@@H](C)[C@@H](O)[C@@H]1C(=O)N[C@H](CC)C(=O)N(C)[C@H](CSC[C@H](N)C(=O)OC)C(=O)N(C)[C@@H](CC(C)C)C(=O)N[C@H](C(C)C)C(=O)N(C)[C@H](CC(C)C)C(=O)N[C@H](C)C(=O)N[C@@H](C)C(=O)N(C)[C@H](CC(C)C)C(=O)N(C)[C@H](CC(C)C)C(=O)N(C)[C@H](C(C)C)C(=O)N1C.